The average Bonchev–Trinajstić information content (AvgIpc) is 2.68. The van der Waals surface area contributed by atoms with Gasteiger partial charge in [0, 0.05) is 17.9 Å². The van der Waals surface area contributed by atoms with Crippen LogP contribution in [0.4, 0.5) is 5.00 Å². The SMILES string of the molecule is OB(O)c1ccc(N2CCOCC2)s1. The molecule has 1 aliphatic heterocycles. The van der Waals surface area contributed by atoms with Crippen molar-refractivity contribution in [1.82, 2.24) is 0 Å². The van der Waals surface area contributed by atoms with E-state index in [-0.39, 0.29) is 0 Å². The summed E-state index contributed by atoms with van der Waals surface area (Å²) in [6, 6.07) is 3.67. The largest absolute Gasteiger partial charge is 0.499 e. The summed E-state index contributed by atoms with van der Waals surface area (Å²) in [5.74, 6) is 0. The zero-order valence-corrected chi connectivity index (χ0v) is 8.54. The van der Waals surface area contributed by atoms with Crippen molar-refractivity contribution < 1.29 is 14.8 Å². The third-order valence-electron chi connectivity index (χ3n) is 2.19. The molecule has 0 spiro atoms. The van der Waals surface area contributed by atoms with E-state index in [1.165, 1.54) is 11.3 Å². The first-order valence-electron chi connectivity index (χ1n) is 4.56. The van der Waals surface area contributed by atoms with Crippen LogP contribution in [-0.4, -0.2) is 43.5 Å². The zero-order chi connectivity index (χ0) is 9.97. The predicted octanol–water partition coefficient (Wildman–Crippen LogP) is -0.736. The number of hydrogen-bond donors (Lipinski definition) is 2. The molecule has 1 saturated heterocycles. The van der Waals surface area contributed by atoms with Gasteiger partial charge in [0.25, 0.3) is 0 Å². The molecule has 0 atom stereocenters. The van der Waals surface area contributed by atoms with E-state index in [9.17, 15) is 0 Å². The van der Waals surface area contributed by atoms with E-state index in [0.717, 1.165) is 31.3 Å². The first-order valence-corrected chi connectivity index (χ1v) is 5.37. The van der Waals surface area contributed by atoms with Crippen molar-refractivity contribution in [2.45, 2.75) is 0 Å². The second-order valence-corrected chi connectivity index (χ2v) is 4.24. The highest BCUT2D eigenvalue weighted by atomic mass is 32.1. The highest BCUT2D eigenvalue weighted by molar-refractivity contribution is 7.25. The number of thiophene rings is 1. The molecule has 2 heterocycles. The third-order valence-corrected chi connectivity index (χ3v) is 3.38. The maximum Gasteiger partial charge on any atom is 0.499 e. The Morgan fingerprint density at radius 3 is 2.57 bits per heavy atom. The van der Waals surface area contributed by atoms with Crippen molar-refractivity contribution in [3.63, 3.8) is 0 Å². The molecular weight excluding hydrogens is 201 g/mol. The van der Waals surface area contributed by atoms with Gasteiger partial charge in [0.1, 0.15) is 0 Å². The fraction of sp³-hybridized carbons (Fsp3) is 0.500. The van der Waals surface area contributed by atoms with Crippen LogP contribution in [0.5, 0.6) is 0 Å². The van der Waals surface area contributed by atoms with E-state index in [2.05, 4.69) is 4.90 Å². The van der Waals surface area contributed by atoms with Crippen molar-refractivity contribution in [3.05, 3.63) is 12.1 Å². The van der Waals surface area contributed by atoms with Crippen LogP contribution in [0.3, 0.4) is 0 Å². The lowest BCUT2D eigenvalue weighted by Crippen LogP contribution is -2.35. The molecule has 0 radical (unpaired) electrons. The number of anilines is 1. The Morgan fingerprint density at radius 2 is 2.00 bits per heavy atom. The zero-order valence-electron chi connectivity index (χ0n) is 7.72. The van der Waals surface area contributed by atoms with Gasteiger partial charge in [-0.15, -0.1) is 11.3 Å². The van der Waals surface area contributed by atoms with Crippen LogP contribution in [0.15, 0.2) is 12.1 Å². The Morgan fingerprint density at radius 1 is 1.29 bits per heavy atom. The van der Waals surface area contributed by atoms with Crippen molar-refractivity contribution in [3.8, 4) is 0 Å². The van der Waals surface area contributed by atoms with Gasteiger partial charge in [0.15, 0.2) is 0 Å². The topological polar surface area (TPSA) is 52.9 Å². The molecule has 1 aromatic rings. The molecule has 6 heteroatoms. The lowest BCUT2D eigenvalue weighted by atomic mass is 9.90. The van der Waals surface area contributed by atoms with Crippen LogP contribution in [-0.2, 0) is 4.74 Å². The fourth-order valence-electron chi connectivity index (χ4n) is 1.43. The van der Waals surface area contributed by atoms with Crippen molar-refractivity contribution in [1.29, 1.82) is 0 Å². The van der Waals surface area contributed by atoms with Gasteiger partial charge >= 0.3 is 7.12 Å². The molecule has 0 bridgehead atoms. The fourth-order valence-corrected chi connectivity index (χ4v) is 2.37. The molecule has 1 fully saturated rings. The molecule has 14 heavy (non-hydrogen) atoms. The summed E-state index contributed by atoms with van der Waals surface area (Å²) in [4.78, 5) is 2.19. The number of rotatable bonds is 2. The second kappa shape index (κ2) is 4.31. The molecule has 1 aliphatic rings. The summed E-state index contributed by atoms with van der Waals surface area (Å²) in [5, 5.41) is 19.0. The van der Waals surface area contributed by atoms with Gasteiger partial charge in [0.05, 0.1) is 18.2 Å². The van der Waals surface area contributed by atoms with E-state index in [4.69, 9.17) is 14.8 Å². The number of morpholine rings is 1. The van der Waals surface area contributed by atoms with Gasteiger partial charge in [0.2, 0.25) is 0 Å². The van der Waals surface area contributed by atoms with Gasteiger partial charge < -0.3 is 19.7 Å². The Balaban J connectivity index is 2.07. The summed E-state index contributed by atoms with van der Waals surface area (Å²) in [6.07, 6.45) is 0. The van der Waals surface area contributed by atoms with Gasteiger partial charge in [-0.05, 0) is 12.1 Å². The lowest BCUT2D eigenvalue weighted by molar-refractivity contribution is 0.123. The normalized spacial score (nSPS) is 17.1. The molecule has 0 amide bonds. The molecule has 0 aliphatic carbocycles. The van der Waals surface area contributed by atoms with Crippen LogP contribution < -0.4 is 9.68 Å². The molecule has 4 nitrogen and oxygen atoms in total. The second-order valence-electron chi connectivity index (χ2n) is 3.15. The van der Waals surface area contributed by atoms with E-state index in [0.29, 0.717) is 4.78 Å². The maximum absolute atomic E-state index is 8.96. The van der Waals surface area contributed by atoms with Crippen molar-refractivity contribution in [2.24, 2.45) is 0 Å². The summed E-state index contributed by atoms with van der Waals surface area (Å²) >= 11 is 1.42. The van der Waals surface area contributed by atoms with E-state index >= 15 is 0 Å². The molecule has 0 saturated carbocycles. The van der Waals surface area contributed by atoms with Crippen molar-refractivity contribution >= 4 is 28.2 Å². The highest BCUT2D eigenvalue weighted by Gasteiger charge is 2.17. The average molecular weight is 213 g/mol. The van der Waals surface area contributed by atoms with Gasteiger partial charge in [-0.3, -0.25) is 0 Å². The predicted molar refractivity (Wildman–Crippen MR) is 57.2 cm³/mol. The van der Waals surface area contributed by atoms with Crippen LogP contribution in [0.25, 0.3) is 0 Å². The Bertz CT molecular complexity index is 299. The first kappa shape index (κ1) is 9.98. The number of nitrogens with zero attached hydrogens (tertiary/aromatic N) is 1. The smallest absolute Gasteiger partial charge is 0.423 e. The molecule has 0 aromatic carbocycles. The monoisotopic (exact) mass is 213 g/mol. The lowest BCUT2D eigenvalue weighted by Gasteiger charge is -2.27. The molecule has 1 aromatic heterocycles. The minimum absolute atomic E-state index is 0.589. The number of hydrogen-bond acceptors (Lipinski definition) is 5. The summed E-state index contributed by atoms with van der Waals surface area (Å²) < 4.78 is 5.83. The summed E-state index contributed by atoms with van der Waals surface area (Å²) in [5.41, 5.74) is 0. The minimum atomic E-state index is -1.35. The molecule has 2 rings (SSSR count). The van der Waals surface area contributed by atoms with E-state index < -0.39 is 7.12 Å². The van der Waals surface area contributed by atoms with Crippen LogP contribution in [0.2, 0.25) is 0 Å². The van der Waals surface area contributed by atoms with Crippen LogP contribution in [0.1, 0.15) is 0 Å². The maximum atomic E-state index is 8.96. The summed E-state index contributed by atoms with van der Waals surface area (Å²) in [6.45, 7) is 3.24. The quantitative estimate of drug-likeness (QED) is 0.635. The van der Waals surface area contributed by atoms with Crippen molar-refractivity contribution in [2.75, 3.05) is 31.2 Å². The van der Waals surface area contributed by atoms with E-state index in [1.807, 2.05) is 6.07 Å². The van der Waals surface area contributed by atoms with Crippen LogP contribution >= 0.6 is 11.3 Å². The number of ether oxygens (including phenoxy) is 1. The van der Waals surface area contributed by atoms with Crippen LogP contribution in [0, 0.1) is 0 Å². The first-order chi connectivity index (χ1) is 6.77. The minimum Gasteiger partial charge on any atom is -0.423 e. The molecule has 2 N–H and O–H groups in total. The van der Waals surface area contributed by atoms with E-state index in [1.54, 1.807) is 6.07 Å². The summed E-state index contributed by atoms with van der Waals surface area (Å²) in [7, 11) is -1.35. The van der Waals surface area contributed by atoms with Gasteiger partial charge in [-0.1, -0.05) is 0 Å². The standard InChI is InChI=1S/C8H12BNO3S/c11-9(12)7-1-2-8(14-7)10-3-5-13-6-4-10/h1-2,11-12H,3-6H2. The highest BCUT2D eigenvalue weighted by Crippen LogP contribution is 2.20. The van der Waals surface area contributed by atoms with Gasteiger partial charge in [-0.2, -0.15) is 0 Å². The molecular formula is C8H12BNO3S. The molecule has 0 unspecified atom stereocenters. The Labute approximate surface area is 86.9 Å². The Kier molecular flexibility index (Phi) is 3.07. The third kappa shape index (κ3) is 2.09. The Hall–Kier alpha value is -0.555. The van der Waals surface area contributed by atoms with Gasteiger partial charge in [-0.25, -0.2) is 0 Å². The molecule has 76 valence electrons.